The Morgan fingerprint density at radius 2 is 2.67 bits per heavy atom. The van der Waals surface area contributed by atoms with E-state index in [4.69, 9.17) is 9.84 Å². The zero-order valence-corrected chi connectivity index (χ0v) is 6.79. The van der Waals surface area contributed by atoms with E-state index in [1.54, 1.807) is 0 Å². The summed E-state index contributed by atoms with van der Waals surface area (Å²) < 4.78 is 5.42. The Hall–Kier alpha value is -1.03. The van der Waals surface area contributed by atoms with Gasteiger partial charge in [-0.05, 0) is 12.8 Å². The highest BCUT2D eigenvalue weighted by molar-refractivity contribution is 5.05. The molecule has 1 fully saturated rings. The maximum atomic E-state index is 8.97. The number of nitrogens with one attached hydrogen (secondary N) is 1. The monoisotopic (exact) mass is 168 g/mol. The molecule has 1 aliphatic heterocycles. The molecule has 0 bridgehead atoms. The molecule has 1 aliphatic rings. The minimum Gasteiger partial charge on any atom is -0.493 e. The van der Waals surface area contributed by atoms with Crippen LogP contribution in [0.5, 0.6) is 5.88 Å². The largest absolute Gasteiger partial charge is 0.493 e. The van der Waals surface area contributed by atoms with Crippen molar-refractivity contribution in [2.24, 2.45) is 0 Å². The standard InChI is InChI=1S/C8H12N2O2/c11-8-5-9-7(10-8)4-6-2-1-3-12-6/h5-6,11H,1-4H2,(H,9,10). The fourth-order valence-corrected chi connectivity index (χ4v) is 1.48. The van der Waals surface area contributed by atoms with Crippen LogP contribution in [0, 0.1) is 0 Å². The number of aromatic hydroxyl groups is 1. The molecule has 12 heavy (non-hydrogen) atoms. The van der Waals surface area contributed by atoms with E-state index in [0.717, 1.165) is 31.7 Å². The van der Waals surface area contributed by atoms with Crippen molar-refractivity contribution in [3.05, 3.63) is 12.0 Å². The number of aromatic amines is 1. The zero-order valence-electron chi connectivity index (χ0n) is 6.79. The third-order valence-electron chi connectivity index (χ3n) is 2.06. The van der Waals surface area contributed by atoms with Crippen molar-refractivity contribution in [3.63, 3.8) is 0 Å². The molecule has 0 saturated carbocycles. The molecule has 2 N–H and O–H groups in total. The summed E-state index contributed by atoms with van der Waals surface area (Å²) in [5.74, 6) is 0.933. The Kier molecular flexibility index (Phi) is 1.99. The molecule has 1 saturated heterocycles. The minimum absolute atomic E-state index is 0.128. The highest BCUT2D eigenvalue weighted by Gasteiger charge is 2.17. The summed E-state index contributed by atoms with van der Waals surface area (Å²) in [6.45, 7) is 0.858. The molecule has 0 radical (unpaired) electrons. The van der Waals surface area contributed by atoms with E-state index in [0.29, 0.717) is 0 Å². The van der Waals surface area contributed by atoms with Crippen LogP contribution >= 0.6 is 0 Å². The van der Waals surface area contributed by atoms with Crippen LogP contribution in [0.25, 0.3) is 0 Å². The second-order valence-corrected chi connectivity index (χ2v) is 3.05. The zero-order chi connectivity index (χ0) is 8.39. The number of rotatable bonds is 2. The molecule has 0 aliphatic carbocycles. The lowest BCUT2D eigenvalue weighted by Crippen LogP contribution is -2.09. The minimum atomic E-state index is 0.128. The van der Waals surface area contributed by atoms with Gasteiger partial charge in [0, 0.05) is 13.0 Å². The first kappa shape index (κ1) is 7.61. The van der Waals surface area contributed by atoms with Gasteiger partial charge < -0.3 is 14.8 Å². The van der Waals surface area contributed by atoms with Crippen molar-refractivity contribution in [2.75, 3.05) is 6.61 Å². The summed E-state index contributed by atoms with van der Waals surface area (Å²) >= 11 is 0. The van der Waals surface area contributed by atoms with Gasteiger partial charge in [-0.15, -0.1) is 0 Å². The SMILES string of the molecule is Oc1cnc(CC2CCCO2)[nH]1. The summed E-state index contributed by atoms with van der Waals surface area (Å²) in [5, 5.41) is 8.97. The number of imidazole rings is 1. The highest BCUT2D eigenvalue weighted by atomic mass is 16.5. The molecule has 4 nitrogen and oxygen atoms in total. The quantitative estimate of drug-likeness (QED) is 0.687. The lowest BCUT2D eigenvalue weighted by Gasteiger charge is -2.05. The van der Waals surface area contributed by atoms with Crippen molar-refractivity contribution in [1.82, 2.24) is 9.97 Å². The number of nitrogens with zero attached hydrogens (tertiary/aromatic N) is 1. The van der Waals surface area contributed by atoms with Gasteiger partial charge in [0.25, 0.3) is 0 Å². The molecular weight excluding hydrogens is 156 g/mol. The molecule has 2 heterocycles. The summed E-state index contributed by atoms with van der Waals surface area (Å²) in [7, 11) is 0. The molecular formula is C8H12N2O2. The highest BCUT2D eigenvalue weighted by Crippen LogP contribution is 2.16. The molecule has 1 aromatic rings. The molecule has 0 spiro atoms. The summed E-state index contributed by atoms with van der Waals surface area (Å²) in [5.41, 5.74) is 0. The maximum Gasteiger partial charge on any atom is 0.208 e. The van der Waals surface area contributed by atoms with Crippen molar-refractivity contribution < 1.29 is 9.84 Å². The van der Waals surface area contributed by atoms with E-state index in [9.17, 15) is 0 Å². The summed E-state index contributed by atoms with van der Waals surface area (Å²) in [6, 6.07) is 0. The lowest BCUT2D eigenvalue weighted by atomic mass is 10.2. The van der Waals surface area contributed by atoms with Gasteiger partial charge in [0.15, 0.2) is 0 Å². The van der Waals surface area contributed by atoms with Crippen LogP contribution in [-0.2, 0) is 11.2 Å². The van der Waals surface area contributed by atoms with E-state index in [1.807, 2.05) is 0 Å². The van der Waals surface area contributed by atoms with Crippen LogP contribution in [-0.4, -0.2) is 27.8 Å². The average molecular weight is 168 g/mol. The topological polar surface area (TPSA) is 58.1 Å². The van der Waals surface area contributed by atoms with Crippen LogP contribution < -0.4 is 0 Å². The molecule has 1 aromatic heterocycles. The first-order valence-corrected chi connectivity index (χ1v) is 4.19. The number of ether oxygens (including phenoxy) is 1. The molecule has 4 heteroatoms. The van der Waals surface area contributed by atoms with Gasteiger partial charge in [-0.1, -0.05) is 0 Å². The first-order chi connectivity index (χ1) is 5.84. The number of H-pyrrole nitrogens is 1. The molecule has 1 unspecified atom stereocenters. The van der Waals surface area contributed by atoms with E-state index in [2.05, 4.69) is 9.97 Å². The van der Waals surface area contributed by atoms with Crippen LogP contribution in [0.4, 0.5) is 0 Å². The molecule has 2 rings (SSSR count). The van der Waals surface area contributed by atoms with E-state index in [-0.39, 0.29) is 12.0 Å². The van der Waals surface area contributed by atoms with Gasteiger partial charge in [0.2, 0.25) is 5.88 Å². The molecule has 66 valence electrons. The molecule has 1 atom stereocenters. The van der Waals surface area contributed by atoms with Gasteiger partial charge in [0.1, 0.15) is 5.82 Å². The normalized spacial score (nSPS) is 23.2. The van der Waals surface area contributed by atoms with Crippen LogP contribution in [0.2, 0.25) is 0 Å². The van der Waals surface area contributed by atoms with Crippen molar-refractivity contribution in [1.29, 1.82) is 0 Å². The van der Waals surface area contributed by atoms with E-state index in [1.165, 1.54) is 6.20 Å². The fraction of sp³-hybridized carbons (Fsp3) is 0.625. The number of hydrogen-bond donors (Lipinski definition) is 2. The number of hydrogen-bond acceptors (Lipinski definition) is 3. The van der Waals surface area contributed by atoms with Gasteiger partial charge in [-0.25, -0.2) is 4.98 Å². The van der Waals surface area contributed by atoms with Gasteiger partial charge in [0.05, 0.1) is 12.3 Å². The van der Waals surface area contributed by atoms with Crippen molar-refractivity contribution >= 4 is 0 Å². The molecule has 0 aromatic carbocycles. The number of aromatic nitrogens is 2. The second kappa shape index (κ2) is 3.15. The Morgan fingerprint density at radius 1 is 1.75 bits per heavy atom. The summed E-state index contributed by atoms with van der Waals surface area (Å²) in [6.07, 6.45) is 4.72. The third-order valence-corrected chi connectivity index (χ3v) is 2.06. The Labute approximate surface area is 70.6 Å². The van der Waals surface area contributed by atoms with Gasteiger partial charge in [-0.3, -0.25) is 0 Å². The third kappa shape index (κ3) is 1.58. The second-order valence-electron chi connectivity index (χ2n) is 3.05. The Morgan fingerprint density at radius 3 is 3.25 bits per heavy atom. The summed E-state index contributed by atoms with van der Waals surface area (Å²) in [4.78, 5) is 6.76. The Bertz CT molecular complexity index is 253. The maximum absolute atomic E-state index is 8.97. The average Bonchev–Trinajstić information content (AvgIpc) is 2.63. The van der Waals surface area contributed by atoms with Crippen LogP contribution in [0.3, 0.4) is 0 Å². The van der Waals surface area contributed by atoms with Crippen LogP contribution in [0.15, 0.2) is 6.20 Å². The van der Waals surface area contributed by atoms with E-state index < -0.39 is 0 Å². The fourth-order valence-electron chi connectivity index (χ4n) is 1.48. The predicted molar refractivity (Wildman–Crippen MR) is 42.9 cm³/mol. The molecule has 0 amide bonds. The van der Waals surface area contributed by atoms with Crippen LogP contribution in [0.1, 0.15) is 18.7 Å². The van der Waals surface area contributed by atoms with Crippen molar-refractivity contribution in [3.8, 4) is 5.88 Å². The van der Waals surface area contributed by atoms with Gasteiger partial charge in [-0.2, -0.15) is 0 Å². The smallest absolute Gasteiger partial charge is 0.208 e. The first-order valence-electron chi connectivity index (χ1n) is 4.19. The van der Waals surface area contributed by atoms with E-state index >= 15 is 0 Å². The van der Waals surface area contributed by atoms with Crippen molar-refractivity contribution in [2.45, 2.75) is 25.4 Å². The lowest BCUT2D eigenvalue weighted by molar-refractivity contribution is 0.110. The predicted octanol–water partition coefficient (Wildman–Crippen LogP) is 0.837. The Balaban J connectivity index is 1.94. The van der Waals surface area contributed by atoms with Gasteiger partial charge >= 0.3 is 0 Å².